The molecule has 2 bridgehead atoms. The first kappa shape index (κ1) is 13.0. The van der Waals surface area contributed by atoms with Crippen LogP contribution in [0.25, 0.3) is 0 Å². The van der Waals surface area contributed by atoms with Crippen molar-refractivity contribution in [2.45, 2.75) is 25.0 Å². The third-order valence-corrected chi connectivity index (χ3v) is 4.11. The normalized spacial score (nSPS) is 26.2. The SMILES string of the molecule is O=C1C2CCC(O2)C(=O)N1c1c(Cl)cc(F)cc1Br. The van der Waals surface area contributed by atoms with Crippen molar-refractivity contribution >= 4 is 45.0 Å². The van der Waals surface area contributed by atoms with Gasteiger partial charge in [0.2, 0.25) is 0 Å². The zero-order valence-electron chi connectivity index (χ0n) is 9.53. The van der Waals surface area contributed by atoms with Gasteiger partial charge in [-0.15, -0.1) is 0 Å². The minimum Gasteiger partial charge on any atom is -0.355 e. The number of amides is 2. The van der Waals surface area contributed by atoms with Crippen LogP contribution in [0.5, 0.6) is 0 Å². The van der Waals surface area contributed by atoms with Crippen molar-refractivity contribution in [3.05, 3.63) is 27.4 Å². The van der Waals surface area contributed by atoms with Crippen LogP contribution in [0.3, 0.4) is 0 Å². The summed E-state index contributed by atoms with van der Waals surface area (Å²) >= 11 is 9.10. The van der Waals surface area contributed by atoms with Gasteiger partial charge >= 0.3 is 0 Å². The summed E-state index contributed by atoms with van der Waals surface area (Å²) in [5.74, 6) is -1.45. The molecule has 0 saturated carbocycles. The predicted molar refractivity (Wildman–Crippen MR) is 69.5 cm³/mol. The lowest BCUT2D eigenvalue weighted by atomic mass is 10.2. The van der Waals surface area contributed by atoms with Gasteiger partial charge in [0, 0.05) is 4.47 Å². The highest BCUT2D eigenvalue weighted by molar-refractivity contribution is 9.10. The van der Waals surface area contributed by atoms with E-state index >= 15 is 0 Å². The van der Waals surface area contributed by atoms with Gasteiger partial charge < -0.3 is 4.74 Å². The maximum atomic E-state index is 13.2. The van der Waals surface area contributed by atoms with E-state index in [0.717, 1.165) is 11.0 Å². The Balaban J connectivity index is 2.11. The van der Waals surface area contributed by atoms with Gasteiger partial charge in [-0.05, 0) is 40.9 Å². The van der Waals surface area contributed by atoms with Crippen LogP contribution < -0.4 is 4.90 Å². The predicted octanol–water partition coefficient (Wildman–Crippen LogP) is 2.66. The molecule has 0 aliphatic carbocycles. The monoisotopic (exact) mass is 347 g/mol. The number of benzene rings is 1. The molecule has 7 heteroatoms. The van der Waals surface area contributed by atoms with Crippen LogP contribution >= 0.6 is 27.5 Å². The number of ether oxygens (including phenoxy) is 1. The average molecular weight is 349 g/mol. The third-order valence-electron chi connectivity index (χ3n) is 3.22. The fraction of sp³-hybridized carbons (Fsp3) is 0.333. The molecule has 0 radical (unpaired) electrons. The molecule has 0 spiro atoms. The third kappa shape index (κ3) is 1.98. The van der Waals surface area contributed by atoms with Gasteiger partial charge in [0.25, 0.3) is 11.8 Å². The second kappa shape index (κ2) is 4.54. The zero-order valence-corrected chi connectivity index (χ0v) is 11.9. The van der Waals surface area contributed by atoms with Gasteiger partial charge in [-0.1, -0.05) is 11.6 Å². The lowest BCUT2D eigenvalue weighted by molar-refractivity contribution is -0.146. The minimum atomic E-state index is -0.615. The van der Waals surface area contributed by atoms with Crippen LogP contribution in [0.1, 0.15) is 12.8 Å². The maximum absolute atomic E-state index is 13.2. The lowest BCUT2D eigenvalue weighted by Gasteiger charge is -2.31. The van der Waals surface area contributed by atoms with E-state index in [0.29, 0.717) is 12.8 Å². The molecule has 0 N–H and O–H groups in total. The molecule has 3 rings (SSSR count). The molecule has 1 aromatic carbocycles. The second-order valence-electron chi connectivity index (χ2n) is 4.42. The summed E-state index contributed by atoms with van der Waals surface area (Å²) in [4.78, 5) is 25.4. The number of hydrogen-bond acceptors (Lipinski definition) is 3. The number of morpholine rings is 1. The molecule has 2 fully saturated rings. The van der Waals surface area contributed by atoms with E-state index in [1.54, 1.807) is 0 Å². The Morgan fingerprint density at radius 2 is 1.84 bits per heavy atom. The minimum absolute atomic E-state index is 0.00914. The van der Waals surface area contributed by atoms with Gasteiger partial charge in [-0.2, -0.15) is 0 Å². The van der Waals surface area contributed by atoms with E-state index in [-0.39, 0.29) is 15.2 Å². The number of rotatable bonds is 1. The van der Waals surface area contributed by atoms with Crippen molar-refractivity contribution in [2.75, 3.05) is 4.90 Å². The number of carbonyl (C=O) groups excluding carboxylic acids is 2. The molecule has 4 nitrogen and oxygen atoms in total. The molecule has 2 atom stereocenters. The van der Waals surface area contributed by atoms with Crippen molar-refractivity contribution < 1.29 is 18.7 Å². The first-order valence-electron chi connectivity index (χ1n) is 5.67. The Morgan fingerprint density at radius 3 is 2.37 bits per heavy atom. The fourth-order valence-corrected chi connectivity index (χ4v) is 3.38. The van der Waals surface area contributed by atoms with E-state index in [2.05, 4.69) is 15.9 Å². The van der Waals surface area contributed by atoms with Crippen LogP contribution in [0.4, 0.5) is 10.1 Å². The molecular formula is C12H8BrClFNO3. The molecule has 2 amide bonds. The number of anilines is 1. The number of nitrogens with zero attached hydrogens (tertiary/aromatic N) is 1. The highest BCUT2D eigenvalue weighted by atomic mass is 79.9. The molecule has 19 heavy (non-hydrogen) atoms. The zero-order chi connectivity index (χ0) is 13.7. The first-order valence-corrected chi connectivity index (χ1v) is 6.84. The number of hydrogen-bond donors (Lipinski definition) is 0. The van der Waals surface area contributed by atoms with Crippen molar-refractivity contribution in [1.82, 2.24) is 0 Å². The van der Waals surface area contributed by atoms with E-state index in [4.69, 9.17) is 16.3 Å². The molecular weight excluding hydrogens is 340 g/mol. The number of imide groups is 1. The van der Waals surface area contributed by atoms with Crippen molar-refractivity contribution in [3.63, 3.8) is 0 Å². The summed E-state index contributed by atoms with van der Waals surface area (Å²) < 4.78 is 18.8. The highest BCUT2D eigenvalue weighted by Gasteiger charge is 2.48. The van der Waals surface area contributed by atoms with Gasteiger partial charge in [-0.3, -0.25) is 9.59 Å². The Morgan fingerprint density at radius 1 is 1.26 bits per heavy atom. The van der Waals surface area contributed by atoms with Crippen molar-refractivity contribution in [3.8, 4) is 0 Å². The maximum Gasteiger partial charge on any atom is 0.263 e. The topological polar surface area (TPSA) is 46.6 Å². The quantitative estimate of drug-likeness (QED) is 0.733. The van der Waals surface area contributed by atoms with Gasteiger partial charge in [0.05, 0.1) is 10.7 Å². The highest BCUT2D eigenvalue weighted by Crippen LogP contribution is 2.39. The first-order chi connectivity index (χ1) is 8.99. The Bertz CT molecular complexity index is 549. The van der Waals surface area contributed by atoms with Gasteiger partial charge in [0.1, 0.15) is 18.0 Å². The van der Waals surface area contributed by atoms with Crippen LogP contribution in [0.2, 0.25) is 5.02 Å². The van der Waals surface area contributed by atoms with Crippen LogP contribution in [0, 0.1) is 5.82 Å². The summed E-state index contributed by atoms with van der Waals surface area (Å²) in [5.41, 5.74) is 0.179. The molecule has 100 valence electrons. The number of fused-ring (bicyclic) bond motifs is 2. The standard InChI is InChI=1S/C12H8BrClFNO3/c13-6-3-5(15)4-7(14)10(6)16-11(17)8-1-2-9(19-8)12(16)18/h3-4,8-9H,1-2H2. The molecule has 2 saturated heterocycles. The number of carbonyl (C=O) groups is 2. The second-order valence-corrected chi connectivity index (χ2v) is 5.68. The van der Waals surface area contributed by atoms with Crippen LogP contribution in [-0.2, 0) is 14.3 Å². The summed E-state index contributed by atoms with van der Waals surface area (Å²) in [6, 6.07) is 2.23. The lowest BCUT2D eigenvalue weighted by Crippen LogP contribution is -2.52. The molecule has 0 aromatic heterocycles. The molecule has 1 aromatic rings. The Labute approximate surface area is 121 Å². The fourth-order valence-electron chi connectivity index (χ4n) is 2.37. The van der Waals surface area contributed by atoms with E-state index in [1.807, 2.05) is 0 Å². The summed E-state index contributed by atoms with van der Waals surface area (Å²) in [6.45, 7) is 0. The van der Waals surface area contributed by atoms with Crippen molar-refractivity contribution in [2.24, 2.45) is 0 Å². The van der Waals surface area contributed by atoms with Crippen LogP contribution in [0.15, 0.2) is 16.6 Å². The molecule has 2 unspecified atom stereocenters. The summed E-state index contributed by atoms with van der Waals surface area (Å²) in [5, 5.41) is 0.00914. The van der Waals surface area contributed by atoms with Gasteiger partial charge in [-0.25, -0.2) is 9.29 Å². The van der Waals surface area contributed by atoms with E-state index in [9.17, 15) is 14.0 Å². The molecule has 2 aliphatic heterocycles. The summed E-state index contributed by atoms with van der Waals surface area (Å²) in [6.07, 6.45) is -0.198. The van der Waals surface area contributed by atoms with Crippen LogP contribution in [-0.4, -0.2) is 24.0 Å². The Hall–Kier alpha value is -0.980. The molecule has 2 heterocycles. The molecule has 2 aliphatic rings. The average Bonchev–Trinajstić information content (AvgIpc) is 2.76. The van der Waals surface area contributed by atoms with Crippen molar-refractivity contribution in [1.29, 1.82) is 0 Å². The Kier molecular flexibility index (Phi) is 3.11. The largest absolute Gasteiger partial charge is 0.355 e. The smallest absolute Gasteiger partial charge is 0.263 e. The number of halogens is 3. The van der Waals surface area contributed by atoms with E-state index in [1.165, 1.54) is 6.07 Å². The van der Waals surface area contributed by atoms with Gasteiger partial charge in [0.15, 0.2) is 0 Å². The van der Waals surface area contributed by atoms with E-state index < -0.39 is 29.8 Å². The summed E-state index contributed by atoms with van der Waals surface area (Å²) in [7, 11) is 0.